The van der Waals surface area contributed by atoms with Crippen molar-refractivity contribution in [2.75, 3.05) is 36.0 Å². The summed E-state index contributed by atoms with van der Waals surface area (Å²) in [6.45, 7) is 3.16. The van der Waals surface area contributed by atoms with Gasteiger partial charge >= 0.3 is 0 Å². The first-order valence-corrected chi connectivity index (χ1v) is 8.96. The van der Waals surface area contributed by atoms with Gasteiger partial charge < -0.3 is 25.1 Å². The van der Waals surface area contributed by atoms with Crippen LogP contribution >= 0.6 is 0 Å². The second-order valence-electron chi connectivity index (χ2n) is 7.42. The van der Waals surface area contributed by atoms with E-state index in [1.54, 1.807) is 6.20 Å². The maximum absolute atomic E-state index is 10.0. The third-order valence-corrected chi connectivity index (χ3v) is 6.17. The fourth-order valence-electron chi connectivity index (χ4n) is 4.29. The summed E-state index contributed by atoms with van der Waals surface area (Å²) in [7, 11) is 0. The lowest BCUT2D eigenvalue weighted by Crippen LogP contribution is -2.61. The normalized spacial score (nSPS) is 30.5. The van der Waals surface area contributed by atoms with Gasteiger partial charge in [-0.2, -0.15) is 4.98 Å². The van der Waals surface area contributed by atoms with Crippen molar-refractivity contribution in [2.24, 2.45) is 5.41 Å². The quantitative estimate of drug-likeness (QED) is 0.709. The maximum Gasteiger partial charge on any atom is 0.227 e. The van der Waals surface area contributed by atoms with Crippen molar-refractivity contribution >= 4 is 11.8 Å². The molecule has 3 heterocycles. The minimum atomic E-state index is -0.373. The summed E-state index contributed by atoms with van der Waals surface area (Å²) in [5.74, 6) is 1.63. The number of hydrogen-bond donors (Lipinski definition) is 3. The molecule has 0 bridgehead atoms. The number of nitrogens with zero attached hydrogens (tertiary/aromatic N) is 4. The molecule has 2 atom stereocenters. The second kappa shape index (κ2) is 6.13. The molecule has 4 rings (SSSR count). The molecule has 1 aromatic heterocycles. The van der Waals surface area contributed by atoms with E-state index in [1.165, 1.54) is 0 Å². The zero-order chi connectivity index (χ0) is 16.7. The molecule has 0 amide bonds. The highest BCUT2D eigenvalue weighted by molar-refractivity contribution is 5.44. The largest absolute Gasteiger partial charge is 0.393 e. The fourth-order valence-corrected chi connectivity index (χ4v) is 4.29. The van der Waals surface area contributed by atoms with Crippen LogP contribution in [0.15, 0.2) is 12.3 Å². The average molecular weight is 334 g/mol. The Balaban J connectivity index is 1.43. The van der Waals surface area contributed by atoms with Crippen LogP contribution in [0.5, 0.6) is 0 Å². The Hall–Kier alpha value is -1.44. The molecule has 1 aliphatic carbocycles. The van der Waals surface area contributed by atoms with E-state index in [0.717, 1.165) is 63.6 Å². The van der Waals surface area contributed by atoms with Gasteiger partial charge in [-0.05, 0) is 31.7 Å². The Bertz CT molecular complexity index is 573. The molecule has 3 N–H and O–H groups in total. The molecule has 24 heavy (non-hydrogen) atoms. The van der Waals surface area contributed by atoms with Crippen LogP contribution < -0.4 is 9.80 Å². The molecule has 132 valence electrons. The van der Waals surface area contributed by atoms with Crippen LogP contribution in [-0.2, 0) is 0 Å². The minimum Gasteiger partial charge on any atom is -0.393 e. The van der Waals surface area contributed by atoms with E-state index in [0.29, 0.717) is 6.42 Å². The number of aromatic nitrogens is 2. The van der Waals surface area contributed by atoms with E-state index in [-0.39, 0.29) is 23.7 Å². The number of rotatable bonds is 2. The lowest BCUT2D eigenvalue weighted by molar-refractivity contribution is -0.178. The highest BCUT2D eigenvalue weighted by Gasteiger charge is 2.54. The molecule has 0 aromatic carbocycles. The van der Waals surface area contributed by atoms with E-state index >= 15 is 0 Å². The first kappa shape index (κ1) is 16.1. The minimum absolute atomic E-state index is 0.193. The van der Waals surface area contributed by atoms with Crippen LogP contribution in [0.25, 0.3) is 0 Å². The zero-order valence-corrected chi connectivity index (χ0v) is 13.9. The molecular weight excluding hydrogens is 308 g/mol. The van der Waals surface area contributed by atoms with Crippen LogP contribution in [0.4, 0.5) is 11.8 Å². The van der Waals surface area contributed by atoms with Gasteiger partial charge in [0.25, 0.3) is 0 Å². The molecular formula is C17H26N4O3. The van der Waals surface area contributed by atoms with Gasteiger partial charge in [-0.1, -0.05) is 0 Å². The van der Waals surface area contributed by atoms with E-state index in [9.17, 15) is 15.3 Å². The van der Waals surface area contributed by atoms with Crippen molar-refractivity contribution in [2.45, 2.75) is 50.4 Å². The standard InChI is InChI=1S/C17H26N4O3/c22-12-2-7-20(8-3-12)15-1-6-18-16(19-15)21-9-4-17(5-10-21)13(23)11-14(17)24/h1,6,12-14,22-24H,2-5,7-11H2/t13-,14+. The highest BCUT2D eigenvalue weighted by atomic mass is 16.3. The van der Waals surface area contributed by atoms with Gasteiger partial charge in [-0.25, -0.2) is 4.98 Å². The third-order valence-electron chi connectivity index (χ3n) is 6.17. The van der Waals surface area contributed by atoms with Gasteiger partial charge in [-0.3, -0.25) is 0 Å². The van der Waals surface area contributed by atoms with Crippen LogP contribution in [0, 0.1) is 5.41 Å². The van der Waals surface area contributed by atoms with Crippen molar-refractivity contribution in [3.63, 3.8) is 0 Å². The molecule has 0 radical (unpaired) electrons. The first-order valence-electron chi connectivity index (χ1n) is 8.96. The van der Waals surface area contributed by atoms with Gasteiger partial charge in [0.1, 0.15) is 5.82 Å². The lowest BCUT2D eigenvalue weighted by Gasteiger charge is -2.55. The first-order chi connectivity index (χ1) is 11.6. The van der Waals surface area contributed by atoms with Gasteiger partial charge in [0.2, 0.25) is 5.95 Å². The molecule has 2 aliphatic heterocycles. The van der Waals surface area contributed by atoms with Crippen molar-refractivity contribution < 1.29 is 15.3 Å². The Kier molecular flexibility index (Phi) is 4.10. The molecule has 1 spiro atoms. The van der Waals surface area contributed by atoms with Crippen molar-refractivity contribution in [3.8, 4) is 0 Å². The van der Waals surface area contributed by atoms with Gasteiger partial charge in [-0.15, -0.1) is 0 Å². The molecule has 7 nitrogen and oxygen atoms in total. The third kappa shape index (κ3) is 2.64. The monoisotopic (exact) mass is 334 g/mol. The average Bonchev–Trinajstić information content (AvgIpc) is 2.63. The summed E-state index contributed by atoms with van der Waals surface area (Å²) in [4.78, 5) is 13.5. The van der Waals surface area contributed by atoms with E-state index in [4.69, 9.17) is 4.98 Å². The Labute approximate surface area is 141 Å². The van der Waals surface area contributed by atoms with Crippen molar-refractivity contribution in [1.29, 1.82) is 0 Å². The Morgan fingerprint density at radius 1 is 0.958 bits per heavy atom. The SMILES string of the molecule is OC1CCN(c2ccnc(N3CCC4(CC3)[C@H](O)C[C@@H]4O)n2)CC1. The summed E-state index contributed by atoms with van der Waals surface area (Å²) in [5.41, 5.74) is -0.308. The number of piperidine rings is 2. The van der Waals surface area contributed by atoms with Crippen LogP contribution in [0.1, 0.15) is 32.1 Å². The summed E-state index contributed by atoms with van der Waals surface area (Å²) < 4.78 is 0. The summed E-state index contributed by atoms with van der Waals surface area (Å²) in [6.07, 6.45) is 4.47. The highest BCUT2D eigenvalue weighted by Crippen LogP contribution is 2.49. The Morgan fingerprint density at radius 2 is 1.62 bits per heavy atom. The predicted octanol–water partition coefficient (Wildman–Crippen LogP) is 0.150. The number of hydrogen-bond acceptors (Lipinski definition) is 7. The second-order valence-corrected chi connectivity index (χ2v) is 7.42. The molecule has 2 saturated heterocycles. The van der Waals surface area contributed by atoms with Crippen molar-refractivity contribution in [3.05, 3.63) is 12.3 Å². The van der Waals surface area contributed by atoms with Crippen LogP contribution in [0.3, 0.4) is 0 Å². The molecule has 7 heteroatoms. The molecule has 3 aliphatic rings. The summed E-state index contributed by atoms with van der Waals surface area (Å²) in [5, 5.41) is 29.7. The molecule has 1 aromatic rings. The van der Waals surface area contributed by atoms with Crippen LogP contribution in [0.2, 0.25) is 0 Å². The number of anilines is 2. The number of aliphatic hydroxyl groups is 3. The van der Waals surface area contributed by atoms with E-state index < -0.39 is 0 Å². The summed E-state index contributed by atoms with van der Waals surface area (Å²) in [6, 6.07) is 1.92. The molecule has 3 fully saturated rings. The smallest absolute Gasteiger partial charge is 0.227 e. The van der Waals surface area contributed by atoms with Gasteiger partial charge in [0, 0.05) is 44.2 Å². The zero-order valence-electron chi connectivity index (χ0n) is 13.9. The topological polar surface area (TPSA) is 93.0 Å². The predicted molar refractivity (Wildman–Crippen MR) is 90.0 cm³/mol. The van der Waals surface area contributed by atoms with Gasteiger partial charge in [0.15, 0.2) is 0 Å². The lowest BCUT2D eigenvalue weighted by atomic mass is 9.58. The molecule has 1 saturated carbocycles. The summed E-state index contributed by atoms with van der Waals surface area (Å²) >= 11 is 0. The fraction of sp³-hybridized carbons (Fsp3) is 0.765. The van der Waals surface area contributed by atoms with Gasteiger partial charge in [0.05, 0.1) is 18.3 Å². The number of aliphatic hydroxyl groups excluding tert-OH is 3. The Morgan fingerprint density at radius 3 is 2.25 bits per heavy atom. The van der Waals surface area contributed by atoms with Crippen LogP contribution in [-0.4, -0.2) is 69.8 Å². The van der Waals surface area contributed by atoms with E-state index in [1.807, 2.05) is 6.07 Å². The van der Waals surface area contributed by atoms with Crippen molar-refractivity contribution in [1.82, 2.24) is 9.97 Å². The van der Waals surface area contributed by atoms with E-state index in [2.05, 4.69) is 14.8 Å². The maximum atomic E-state index is 10.0. The molecule has 0 unspecified atom stereocenters.